The summed E-state index contributed by atoms with van der Waals surface area (Å²) in [5, 5.41) is 10.8. The largest absolute Gasteiger partial charge is 0.324 e. The second-order valence-electron chi connectivity index (χ2n) is 6.85. The quantitative estimate of drug-likeness (QED) is 0.528. The molecule has 29 heavy (non-hydrogen) atoms. The fourth-order valence-corrected chi connectivity index (χ4v) is 4.18. The number of aryl methyl sites for hydroxylation is 2. The number of amides is 1. The Morgan fingerprint density at radius 3 is 2.59 bits per heavy atom. The number of hydrogen-bond acceptors (Lipinski definition) is 4. The van der Waals surface area contributed by atoms with E-state index in [2.05, 4.69) is 10.4 Å². The molecule has 1 N–H and O–H groups in total. The molecule has 2 aromatic carbocycles. The van der Waals surface area contributed by atoms with E-state index in [1.807, 2.05) is 67.8 Å². The highest BCUT2D eigenvalue weighted by atomic mass is 32.1. The van der Waals surface area contributed by atoms with Gasteiger partial charge in [0.2, 0.25) is 5.91 Å². The smallest absolute Gasteiger partial charge is 0.275 e. The first-order valence-corrected chi connectivity index (χ1v) is 10.4. The Bertz CT molecular complexity index is 1240. The van der Waals surface area contributed by atoms with Gasteiger partial charge < -0.3 is 5.32 Å². The summed E-state index contributed by atoms with van der Waals surface area (Å²) in [5.41, 5.74) is 3.32. The summed E-state index contributed by atoms with van der Waals surface area (Å²) >= 11 is 1.56. The molecule has 0 aliphatic carbocycles. The number of nitrogens with one attached hydrogen (secondary N) is 1. The molecule has 146 valence electrons. The molecule has 6 heteroatoms. The van der Waals surface area contributed by atoms with Gasteiger partial charge in [-0.15, -0.1) is 11.3 Å². The highest BCUT2D eigenvalue weighted by Crippen LogP contribution is 2.28. The number of carbonyl (C=O) groups is 1. The van der Waals surface area contributed by atoms with Gasteiger partial charge >= 0.3 is 0 Å². The lowest BCUT2D eigenvalue weighted by Gasteiger charge is -2.14. The van der Waals surface area contributed by atoms with E-state index < -0.39 is 0 Å². The molecule has 2 heterocycles. The number of anilines is 1. The lowest BCUT2D eigenvalue weighted by molar-refractivity contribution is -0.117. The number of rotatable bonds is 5. The van der Waals surface area contributed by atoms with Gasteiger partial charge in [0.15, 0.2) is 0 Å². The molecule has 1 amide bonds. The lowest BCUT2D eigenvalue weighted by Crippen LogP contribution is -2.30. The number of nitrogens with zero attached hydrogens (tertiary/aromatic N) is 2. The standard InChI is InChI=1S/C23H21N3O2S/c1-3-16-9-6-8-15(2)21(16)24-20(27)14-26-23(28)18-11-5-4-10-17(18)22(25-26)19-12-7-13-29-19/h4-13H,3,14H2,1-2H3,(H,24,27). The maximum Gasteiger partial charge on any atom is 0.275 e. The van der Waals surface area contributed by atoms with Crippen LogP contribution in [0.4, 0.5) is 5.69 Å². The zero-order valence-electron chi connectivity index (χ0n) is 16.3. The fourth-order valence-electron chi connectivity index (χ4n) is 3.45. The van der Waals surface area contributed by atoms with E-state index in [-0.39, 0.29) is 18.0 Å². The van der Waals surface area contributed by atoms with Crippen molar-refractivity contribution in [2.24, 2.45) is 0 Å². The van der Waals surface area contributed by atoms with Crippen LogP contribution in [0.2, 0.25) is 0 Å². The van der Waals surface area contributed by atoms with E-state index in [9.17, 15) is 9.59 Å². The van der Waals surface area contributed by atoms with Crippen LogP contribution < -0.4 is 10.9 Å². The van der Waals surface area contributed by atoms with Crippen molar-refractivity contribution in [2.75, 3.05) is 5.32 Å². The topological polar surface area (TPSA) is 64.0 Å². The molecular formula is C23H21N3O2S. The van der Waals surface area contributed by atoms with Gasteiger partial charge in [0.1, 0.15) is 12.2 Å². The monoisotopic (exact) mass is 403 g/mol. The van der Waals surface area contributed by atoms with Crippen molar-refractivity contribution >= 4 is 33.7 Å². The molecule has 0 aliphatic heterocycles. The van der Waals surface area contributed by atoms with Crippen molar-refractivity contribution in [3.8, 4) is 10.6 Å². The first-order chi connectivity index (χ1) is 14.1. The Balaban J connectivity index is 1.73. The van der Waals surface area contributed by atoms with Gasteiger partial charge in [-0.3, -0.25) is 9.59 Å². The molecule has 0 saturated heterocycles. The number of benzene rings is 2. The Kier molecular flexibility index (Phi) is 5.27. The highest BCUT2D eigenvalue weighted by Gasteiger charge is 2.16. The van der Waals surface area contributed by atoms with Gasteiger partial charge in [-0.25, -0.2) is 4.68 Å². The molecular weight excluding hydrogens is 382 g/mol. The number of para-hydroxylation sites is 1. The van der Waals surface area contributed by atoms with Crippen LogP contribution in [0.1, 0.15) is 18.1 Å². The summed E-state index contributed by atoms with van der Waals surface area (Å²) in [6.07, 6.45) is 0.813. The van der Waals surface area contributed by atoms with Crippen molar-refractivity contribution in [3.05, 3.63) is 81.5 Å². The molecule has 4 rings (SSSR count). The van der Waals surface area contributed by atoms with Crippen molar-refractivity contribution in [2.45, 2.75) is 26.8 Å². The average molecular weight is 404 g/mol. The molecule has 0 unspecified atom stereocenters. The minimum Gasteiger partial charge on any atom is -0.324 e. The van der Waals surface area contributed by atoms with Crippen LogP contribution in [0.3, 0.4) is 0 Å². The molecule has 4 aromatic rings. The van der Waals surface area contributed by atoms with Crippen molar-refractivity contribution in [3.63, 3.8) is 0 Å². The third-order valence-corrected chi connectivity index (χ3v) is 5.80. The SMILES string of the molecule is CCc1cccc(C)c1NC(=O)Cn1nc(-c2cccs2)c2ccccc2c1=O. The normalized spacial score (nSPS) is 11.0. The van der Waals surface area contributed by atoms with Gasteiger partial charge in [-0.2, -0.15) is 5.10 Å². The van der Waals surface area contributed by atoms with Gasteiger partial charge in [0.05, 0.1) is 10.3 Å². The van der Waals surface area contributed by atoms with Crippen molar-refractivity contribution in [1.29, 1.82) is 0 Å². The zero-order chi connectivity index (χ0) is 20.4. The number of carbonyl (C=O) groups excluding carboxylic acids is 1. The van der Waals surface area contributed by atoms with Crippen LogP contribution in [0.25, 0.3) is 21.3 Å². The fraction of sp³-hybridized carbons (Fsp3) is 0.174. The van der Waals surface area contributed by atoms with E-state index in [1.165, 1.54) is 4.68 Å². The summed E-state index contributed by atoms with van der Waals surface area (Å²) in [5.74, 6) is -0.268. The second-order valence-corrected chi connectivity index (χ2v) is 7.79. The minimum atomic E-state index is -0.268. The number of hydrogen-bond donors (Lipinski definition) is 1. The maximum atomic E-state index is 13.0. The Morgan fingerprint density at radius 1 is 1.07 bits per heavy atom. The van der Waals surface area contributed by atoms with Crippen LogP contribution in [0.5, 0.6) is 0 Å². The maximum absolute atomic E-state index is 13.0. The van der Waals surface area contributed by atoms with Crippen LogP contribution >= 0.6 is 11.3 Å². The molecule has 5 nitrogen and oxygen atoms in total. The van der Waals surface area contributed by atoms with Crippen LogP contribution in [-0.2, 0) is 17.8 Å². The van der Waals surface area contributed by atoms with Crippen LogP contribution in [-0.4, -0.2) is 15.7 Å². The van der Waals surface area contributed by atoms with E-state index in [4.69, 9.17) is 0 Å². The van der Waals surface area contributed by atoms with Gasteiger partial charge in [-0.05, 0) is 42.0 Å². The molecule has 0 saturated carbocycles. The zero-order valence-corrected chi connectivity index (χ0v) is 17.1. The predicted molar refractivity (Wildman–Crippen MR) is 119 cm³/mol. The van der Waals surface area contributed by atoms with E-state index in [0.717, 1.165) is 33.5 Å². The molecule has 0 atom stereocenters. The summed E-state index contributed by atoms with van der Waals surface area (Å²) in [4.78, 5) is 26.7. The average Bonchev–Trinajstić information content (AvgIpc) is 3.26. The van der Waals surface area contributed by atoms with E-state index in [1.54, 1.807) is 17.4 Å². The second kappa shape index (κ2) is 8.01. The first kappa shape index (κ1) is 19.1. The molecule has 0 aliphatic rings. The van der Waals surface area contributed by atoms with Crippen molar-refractivity contribution in [1.82, 2.24) is 9.78 Å². The van der Waals surface area contributed by atoms with Crippen LogP contribution in [0.15, 0.2) is 64.8 Å². The third kappa shape index (κ3) is 3.71. The Hall–Kier alpha value is -3.25. The molecule has 0 spiro atoms. The number of fused-ring (bicyclic) bond motifs is 1. The van der Waals surface area contributed by atoms with E-state index >= 15 is 0 Å². The van der Waals surface area contributed by atoms with Crippen LogP contribution in [0, 0.1) is 6.92 Å². The molecule has 0 radical (unpaired) electrons. The first-order valence-electron chi connectivity index (χ1n) is 9.50. The minimum absolute atomic E-state index is 0.139. The number of aromatic nitrogens is 2. The molecule has 0 bridgehead atoms. The third-order valence-electron chi connectivity index (χ3n) is 4.92. The summed E-state index contributed by atoms with van der Waals surface area (Å²) in [7, 11) is 0. The van der Waals surface area contributed by atoms with E-state index in [0.29, 0.717) is 11.1 Å². The highest BCUT2D eigenvalue weighted by molar-refractivity contribution is 7.13. The van der Waals surface area contributed by atoms with Gasteiger partial charge in [-0.1, -0.05) is 49.4 Å². The Morgan fingerprint density at radius 2 is 1.86 bits per heavy atom. The Labute approximate surface area is 172 Å². The van der Waals surface area contributed by atoms with Gasteiger partial charge in [0, 0.05) is 11.1 Å². The summed E-state index contributed by atoms with van der Waals surface area (Å²) in [6.45, 7) is 3.87. The molecule has 2 aromatic heterocycles. The van der Waals surface area contributed by atoms with Crippen molar-refractivity contribution < 1.29 is 4.79 Å². The van der Waals surface area contributed by atoms with Gasteiger partial charge in [0.25, 0.3) is 5.56 Å². The summed E-state index contributed by atoms with van der Waals surface area (Å²) < 4.78 is 1.26. The predicted octanol–water partition coefficient (Wildman–Crippen LogP) is 4.63. The lowest BCUT2D eigenvalue weighted by atomic mass is 10.1. The summed E-state index contributed by atoms with van der Waals surface area (Å²) in [6, 6.07) is 17.2. The molecule has 0 fully saturated rings. The number of thiophene rings is 1.